The Morgan fingerprint density at radius 3 is 2.82 bits per heavy atom. The van der Waals surface area contributed by atoms with E-state index in [2.05, 4.69) is 10.5 Å². The van der Waals surface area contributed by atoms with Gasteiger partial charge in [0.15, 0.2) is 5.69 Å². The van der Waals surface area contributed by atoms with Crippen molar-refractivity contribution in [1.82, 2.24) is 5.16 Å². The maximum absolute atomic E-state index is 12.2. The second-order valence-electron chi connectivity index (χ2n) is 4.71. The van der Waals surface area contributed by atoms with Gasteiger partial charge >= 0.3 is 0 Å². The topological polar surface area (TPSA) is 67.6 Å². The molecule has 2 heterocycles. The molecule has 1 N–H and O–H groups in total. The van der Waals surface area contributed by atoms with Gasteiger partial charge in [-0.3, -0.25) is 4.79 Å². The fraction of sp³-hybridized carbons (Fsp3) is 0.286. The maximum atomic E-state index is 12.2. The van der Waals surface area contributed by atoms with E-state index in [-0.39, 0.29) is 10.7 Å². The summed E-state index contributed by atoms with van der Waals surface area (Å²) in [5, 5.41) is 7.11. The lowest BCUT2D eigenvalue weighted by Crippen LogP contribution is -2.35. The molecule has 1 saturated heterocycles. The lowest BCUT2D eigenvalue weighted by Gasteiger charge is -2.25. The van der Waals surface area contributed by atoms with Gasteiger partial charge in [0.1, 0.15) is 0 Å². The SMILES string of the molecule is O=C(Nc1cccc(Cl)c1Cl)c1cc(N2CCOCC2)on1. The number of amides is 1. The van der Waals surface area contributed by atoms with Crippen molar-refractivity contribution < 1.29 is 14.1 Å². The first-order valence-corrected chi connectivity index (χ1v) is 7.45. The van der Waals surface area contributed by atoms with Crippen LogP contribution in [-0.2, 0) is 4.74 Å². The number of carbonyl (C=O) groups excluding carboxylic acids is 1. The maximum Gasteiger partial charge on any atom is 0.277 e. The third-order valence-corrected chi connectivity index (χ3v) is 4.07. The highest BCUT2D eigenvalue weighted by Gasteiger charge is 2.19. The Kier molecular flexibility index (Phi) is 4.52. The quantitative estimate of drug-likeness (QED) is 0.929. The molecule has 6 nitrogen and oxygen atoms in total. The highest BCUT2D eigenvalue weighted by molar-refractivity contribution is 6.44. The number of hydrogen-bond acceptors (Lipinski definition) is 5. The first-order valence-electron chi connectivity index (χ1n) is 6.70. The molecular weight excluding hydrogens is 329 g/mol. The van der Waals surface area contributed by atoms with Gasteiger partial charge < -0.3 is 19.5 Å². The van der Waals surface area contributed by atoms with Crippen LogP contribution in [0.25, 0.3) is 0 Å². The Bertz CT molecular complexity index is 684. The monoisotopic (exact) mass is 341 g/mol. The van der Waals surface area contributed by atoms with Crippen molar-refractivity contribution in [2.45, 2.75) is 0 Å². The zero-order valence-corrected chi connectivity index (χ0v) is 13.0. The summed E-state index contributed by atoms with van der Waals surface area (Å²) in [5.41, 5.74) is 0.604. The Hall–Kier alpha value is -1.76. The summed E-state index contributed by atoms with van der Waals surface area (Å²) in [7, 11) is 0. The Morgan fingerprint density at radius 1 is 1.27 bits per heavy atom. The highest BCUT2D eigenvalue weighted by atomic mass is 35.5. The molecule has 1 aromatic carbocycles. The van der Waals surface area contributed by atoms with Crippen molar-refractivity contribution in [1.29, 1.82) is 0 Å². The zero-order valence-electron chi connectivity index (χ0n) is 11.5. The van der Waals surface area contributed by atoms with Crippen LogP contribution in [0.5, 0.6) is 0 Å². The first-order chi connectivity index (χ1) is 10.6. The Morgan fingerprint density at radius 2 is 2.05 bits per heavy atom. The molecule has 0 aliphatic carbocycles. The molecule has 1 aliphatic heterocycles. The first kappa shape index (κ1) is 15.1. The number of aromatic nitrogens is 1. The summed E-state index contributed by atoms with van der Waals surface area (Å²) >= 11 is 12.0. The van der Waals surface area contributed by atoms with E-state index in [1.54, 1.807) is 24.3 Å². The van der Waals surface area contributed by atoms with Crippen LogP contribution in [0.15, 0.2) is 28.8 Å². The summed E-state index contributed by atoms with van der Waals surface area (Å²) < 4.78 is 10.5. The fourth-order valence-electron chi connectivity index (χ4n) is 2.09. The molecule has 0 bridgehead atoms. The Labute approximate surface area is 136 Å². The van der Waals surface area contributed by atoms with Crippen LogP contribution in [0.1, 0.15) is 10.5 Å². The molecule has 1 aromatic heterocycles. The van der Waals surface area contributed by atoms with Crippen LogP contribution >= 0.6 is 23.2 Å². The second-order valence-corrected chi connectivity index (χ2v) is 5.49. The van der Waals surface area contributed by atoms with E-state index in [4.69, 9.17) is 32.5 Å². The fourth-order valence-corrected chi connectivity index (χ4v) is 2.44. The number of hydrogen-bond donors (Lipinski definition) is 1. The molecule has 0 saturated carbocycles. The molecule has 0 unspecified atom stereocenters. The smallest absolute Gasteiger partial charge is 0.277 e. The van der Waals surface area contributed by atoms with Gasteiger partial charge in [0.05, 0.1) is 28.9 Å². The van der Waals surface area contributed by atoms with Crippen molar-refractivity contribution in [3.8, 4) is 0 Å². The van der Waals surface area contributed by atoms with Crippen molar-refractivity contribution in [2.75, 3.05) is 36.5 Å². The van der Waals surface area contributed by atoms with Crippen molar-refractivity contribution in [2.24, 2.45) is 0 Å². The molecule has 2 aromatic rings. The number of benzene rings is 1. The van der Waals surface area contributed by atoms with E-state index in [0.29, 0.717) is 42.9 Å². The van der Waals surface area contributed by atoms with Gasteiger partial charge in [0, 0.05) is 19.2 Å². The molecule has 1 fully saturated rings. The number of halogens is 2. The van der Waals surface area contributed by atoms with Gasteiger partial charge in [0.25, 0.3) is 5.91 Å². The molecule has 116 valence electrons. The van der Waals surface area contributed by atoms with Crippen LogP contribution in [-0.4, -0.2) is 37.4 Å². The van der Waals surface area contributed by atoms with E-state index in [1.807, 2.05) is 4.90 Å². The standard InChI is InChI=1S/C14H13Cl2N3O3/c15-9-2-1-3-10(13(9)16)17-14(20)11-8-12(22-18-11)19-4-6-21-7-5-19/h1-3,8H,4-7H2,(H,17,20). The third kappa shape index (κ3) is 3.19. The lowest BCUT2D eigenvalue weighted by atomic mass is 10.3. The number of nitrogens with one attached hydrogen (secondary N) is 1. The minimum atomic E-state index is -0.410. The largest absolute Gasteiger partial charge is 0.378 e. The summed E-state index contributed by atoms with van der Waals surface area (Å²) in [6.45, 7) is 2.66. The number of rotatable bonds is 3. The van der Waals surface area contributed by atoms with E-state index in [1.165, 1.54) is 0 Å². The minimum absolute atomic E-state index is 0.178. The molecule has 3 rings (SSSR count). The molecule has 0 radical (unpaired) electrons. The van der Waals surface area contributed by atoms with E-state index < -0.39 is 5.91 Å². The number of ether oxygens (including phenoxy) is 1. The van der Waals surface area contributed by atoms with Crippen molar-refractivity contribution >= 4 is 40.7 Å². The number of morpholine rings is 1. The number of anilines is 2. The molecule has 22 heavy (non-hydrogen) atoms. The van der Waals surface area contributed by atoms with Crippen LogP contribution < -0.4 is 10.2 Å². The van der Waals surface area contributed by atoms with Gasteiger partial charge in [-0.2, -0.15) is 0 Å². The van der Waals surface area contributed by atoms with E-state index >= 15 is 0 Å². The third-order valence-electron chi connectivity index (χ3n) is 3.25. The van der Waals surface area contributed by atoms with Crippen molar-refractivity contribution in [3.05, 3.63) is 40.0 Å². The van der Waals surface area contributed by atoms with Crippen LogP contribution in [0.3, 0.4) is 0 Å². The molecule has 1 amide bonds. The summed E-state index contributed by atoms with van der Waals surface area (Å²) in [6.07, 6.45) is 0. The highest BCUT2D eigenvalue weighted by Crippen LogP contribution is 2.30. The average molecular weight is 342 g/mol. The molecule has 0 spiro atoms. The number of nitrogens with zero attached hydrogens (tertiary/aromatic N) is 2. The van der Waals surface area contributed by atoms with Crippen LogP contribution in [0.4, 0.5) is 11.6 Å². The summed E-state index contributed by atoms with van der Waals surface area (Å²) in [4.78, 5) is 14.2. The Balaban J connectivity index is 1.72. The van der Waals surface area contributed by atoms with E-state index in [0.717, 1.165) is 0 Å². The lowest BCUT2D eigenvalue weighted by molar-refractivity contribution is 0.101. The van der Waals surface area contributed by atoms with Crippen LogP contribution in [0, 0.1) is 0 Å². The van der Waals surface area contributed by atoms with Gasteiger partial charge in [-0.15, -0.1) is 0 Å². The summed E-state index contributed by atoms with van der Waals surface area (Å²) in [6, 6.07) is 6.60. The molecule has 0 atom stereocenters. The molecule has 8 heteroatoms. The van der Waals surface area contributed by atoms with Crippen LogP contribution in [0.2, 0.25) is 10.0 Å². The van der Waals surface area contributed by atoms with Gasteiger partial charge in [0.2, 0.25) is 5.88 Å². The predicted molar refractivity (Wildman–Crippen MR) is 84.0 cm³/mol. The van der Waals surface area contributed by atoms with Gasteiger partial charge in [-0.25, -0.2) is 0 Å². The number of carbonyl (C=O) groups is 1. The van der Waals surface area contributed by atoms with E-state index in [9.17, 15) is 4.79 Å². The molecular formula is C14H13Cl2N3O3. The van der Waals surface area contributed by atoms with Gasteiger partial charge in [-0.1, -0.05) is 34.4 Å². The minimum Gasteiger partial charge on any atom is -0.378 e. The van der Waals surface area contributed by atoms with Gasteiger partial charge in [-0.05, 0) is 12.1 Å². The summed E-state index contributed by atoms with van der Waals surface area (Å²) in [5.74, 6) is 0.137. The normalized spacial score (nSPS) is 14.9. The van der Waals surface area contributed by atoms with Crippen molar-refractivity contribution in [3.63, 3.8) is 0 Å². The average Bonchev–Trinajstić information content (AvgIpc) is 3.03. The predicted octanol–water partition coefficient (Wildman–Crippen LogP) is 3.07. The second kappa shape index (κ2) is 6.56. The molecule has 1 aliphatic rings. The zero-order chi connectivity index (χ0) is 15.5.